The first kappa shape index (κ1) is 17.1. The zero-order valence-corrected chi connectivity index (χ0v) is 15.0. The molecular weight excluding hydrogens is 348 g/mol. The van der Waals surface area contributed by atoms with E-state index < -0.39 is 0 Å². The molecule has 7 heteroatoms. The van der Waals surface area contributed by atoms with E-state index in [9.17, 15) is 9.59 Å². The number of pyridine rings is 1. The Kier molecular flexibility index (Phi) is 4.65. The summed E-state index contributed by atoms with van der Waals surface area (Å²) in [6.07, 6.45) is 5.45. The maximum Gasteiger partial charge on any atom is 0.270 e. The molecule has 26 heavy (non-hydrogen) atoms. The molecule has 0 spiro atoms. The van der Waals surface area contributed by atoms with Gasteiger partial charge in [0.05, 0.1) is 6.54 Å². The van der Waals surface area contributed by atoms with E-state index in [2.05, 4.69) is 20.3 Å². The van der Waals surface area contributed by atoms with Crippen LogP contribution in [0.2, 0.25) is 0 Å². The lowest BCUT2D eigenvalue weighted by Gasteiger charge is -2.61. The number of carbonyl (C=O) groups excluding carboxylic acids is 2. The molecule has 0 radical (unpaired) electrons. The number of amides is 2. The first-order valence-electron chi connectivity index (χ1n) is 8.65. The number of rotatable bonds is 7. The van der Waals surface area contributed by atoms with Gasteiger partial charge in [-0.1, -0.05) is 6.07 Å². The van der Waals surface area contributed by atoms with Crippen LogP contribution in [0.5, 0.6) is 0 Å². The molecule has 0 atom stereocenters. The van der Waals surface area contributed by atoms with E-state index in [1.807, 2.05) is 24.3 Å². The van der Waals surface area contributed by atoms with Crippen LogP contribution in [0, 0.1) is 5.92 Å². The van der Waals surface area contributed by atoms with Gasteiger partial charge in [0.25, 0.3) is 5.91 Å². The number of benzene rings is 1. The van der Waals surface area contributed by atoms with Crippen molar-refractivity contribution in [3.05, 3.63) is 54.4 Å². The lowest BCUT2D eigenvalue weighted by atomic mass is 9.50. The predicted molar refractivity (Wildman–Crippen MR) is 101 cm³/mol. The molecule has 1 aromatic heterocycles. The zero-order chi connectivity index (χ0) is 18.0. The number of nitrogens with one attached hydrogen (secondary N) is 3. The van der Waals surface area contributed by atoms with Gasteiger partial charge in [-0.15, -0.1) is 0 Å². The lowest BCUT2D eigenvalue weighted by molar-refractivity contribution is -0.115. The Bertz CT molecular complexity index is 793. The molecule has 3 aliphatic carbocycles. The smallest absolute Gasteiger partial charge is 0.270 e. The van der Waals surface area contributed by atoms with Crippen LogP contribution < -0.4 is 15.4 Å². The molecule has 3 saturated carbocycles. The third-order valence-electron chi connectivity index (χ3n) is 4.87. The van der Waals surface area contributed by atoms with E-state index in [-0.39, 0.29) is 24.1 Å². The van der Waals surface area contributed by atoms with Gasteiger partial charge in [0, 0.05) is 22.3 Å². The summed E-state index contributed by atoms with van der Waals surface area (Å²) in [4.78, 5) is 28.9. The lowest BCUT2D eigenvalue weighted by Crippen LogP contribution is -2.64. The average Bonchev–Trinajstić information content (AvgIpc) is 2.59. The van der Waals surface area contributed by atoms with Crippen LogP contribution in [-0.2, 0) is 4.79 Å². The number of anilines is 1. The average molecular weight is 368 g/mol. The van der Waals surface area contributed by atoms with Crippen LogP contribution >= 0.6 is 11.9 Å². The fourth-order valence-electron chi connectivity index (χ4n) is 3.33. The molecule has 3 fully saturated rings. The first-order valence-corrected chi connectivity index (χ1v) is 9.47. The quantitative estimate of drug-likeness (QED) is 0.655. The number of carbonyl (C=O) groups is 2. The van der Waals surface area contributed by atoms with Crippen molar-refractivity contribution in [3.8, 4) is 0 Å². The topological polar surface area (TPSA) is 83.1 Å². The van der Waals surface area contributed by atoms with Crippen LogP contribution in [0.15, 0.2) is 53.6 Å². The van der Waals surface area contributed by atoms with E-state index in [0.717, 1.165) is 10.8 Å². The van der Waals surface area contributed by atoms with Gasteiger partial charge in [0.1, 0.15) is 5.69 Å². The van der Waals surface area contributed by atoms with Crippen molar-refractivity contribution in [1.82, 2.24) is 15.0 Å². The van der Waals surface area contributed by atoms with Crippen molar-refractivity contribution in [1.29, 1.82) is 0 Å². The van der Waals surface area contributed by atoms with Gasteiger partial charge in [-0.3, -0.25) is 19.3 Å². The zero-order valence-electron chi connectivity index (χ0n) is 14.2. The molecule has 0 saturated heterocycles. The van der Waals surface area contributed by atoms with Crippen LogP contribution in [-0.4, -0.2) is 28.9 Å². The maximum absolute atomic E-state index is 12.0. The Labute approximate surface area is 156 Å². The molecule has 0 aliphatic heterocycles. The standard InChI is InChI=1S/C19H20N4O2S/c24-17(12-21-18(25)16-3-1-2-8-20-16)22-14-4-6-15(7-5-14)26-23-19-9-13(10-19)11-19/h1-8,13,23H,9-12H2,(H,21,25)(H,22,24). The van der Waals surface area contributed by atoms with E-state index in [1.165, 1.54) is 25.5 Å². The molecule has 1 heterocycles. The second-order valence-corrected chi connectivity index (χ2v) is 7.81. The van der Waals surface area contributed by atoms with Gasteiger partial charge < -0.3 is 10.6 Å². The molecule has 1 aromatic carbocycles. The van der Waals surface area contributed by atoms with Crippen LogP contribution in [0.25, 0.3) is 0 Å². The summed E-state index contributed by atoms with van der Waals surface area (Å²) in [5.74, 6) is 0.313. The van der Waals surface area contributed by atoms with Gasteiger partial charge in [-0.2, -0.15) is 0 Å². The van der Waals surface area contributed by atoms with Gasteiger partial charge in [0.2, 0.25) is 5.91 Å². The number of hydrogen-bond acceptors (Lipinski definition) is 5. The largest absolute Gasteiger partial charge is 0.342 e. The maximum atomic E-state index is 12.0. The minimum atomic E-state index is -0.368. The monoisotopic (exact) mass is 368 g/mol. The first-order chi connectivity index (χ1) is 12.6. The van der Waals surface area contributed by atoms with Crippen molar-refractivity contribution < 1.29 is 9.59 Å². The van der Waals surface area contributed by atoms with Gasteiger partial charge in [-0.05, 0) is 73.5 Å². The SMILES string of the molecule is O=C(CNC(=O)c1ccccn1)Nc1ccc(SNC23CC(C2)C3)cc1. The molecule has 5 rings (SSSR count). The Hall–Kier alpha value is -2.38. The van der Waals surface area contributed by atoms with Gasteiger partial charge in [-0.25, -0.2) is 0 Å². The van der Waals surface area contributed by atoms with E-state index >= 15 is 0 Å². The van der Waals surface area contributed by atoms with Gasteiger partial charge >= 0.3 is 0 Å². The van der Waals surface area contributed by atoms with Crippen LogP contribution in [0.1, 0.15) is 29.8 Å². The summed E-state index contributed by atoms with van der Waals surface area (Å²) in [5, 5.41) is 5.33. The second kappa shape index (κ2) is 7.09. The molecule has 3 aliphatic rings. The molecule has 2 amide bonds. The Balaban J connectivity index is 1.21. The highest BCUT2D eigenvalue weighted by molar-refractivity contribution is 7.97. The summed E-state index contributed by atoms with van der Waals surface area (Å²) in [5.41, 5.74) is 1.38. The highest BCUT2D eigenvalue weighted by atomic mass is 32.2. The fourth-order valence-corrected chi connectivity index (χ4v) is 4.19. The highest BCUT2D eigenvalue weighted by Crippen LogP contribution is 2.57. The number of nitrogens with zero attached hydrogens (tertiary/aromatic N) is 1. The van der Waals surface area contributed by atoms with Crippen molar-refractivity contribution in [2.45, 2.75) is 29.7 Å². The van der Waals surface area contributed by atoms with Crippen molar-refractivity contribution >= 4 is 29.4 Å². The molecule has 2 aromatic rings. The third kappa shape index (κ3) is 3.73. The molecule has 2 bridgehead atoms. The summed E-state index contributed by atoms with van der Waals surface area (Å²) >= 11 is 1.65. The van der Waals surface area contributed by atoms with E-state index in [4.69, 9.17) is 0 Å². The van der Waals surface area contributed by atoms with Crippen LogP contribution in [0.4, 0.5) is 5.69 Å². The summed E-state index contributed by atoms with van der Waals surface area (Å²) < 4.78 is 3.56. The Morgan fingerprint density at radius 3 is 2.50 bits per heavy atom. The predicted octanol–water partition coefficient (Wildman–Crippen LogP) is 2.60. The number of aromatic nitrogens is 1. The van der Waals surface area contributed by atoms with Crippen molar-refractivity contribution in [3.63, 3.8) is 0 Å². The fraction of sp³-hybridized carbons (Fsp3) is 0.316. The Morgan fingerprint density at radius 1 is 1.12 bits per heavy atom. The van der Waals surface area contributed by atoms with Gasteiger partial charge in [0.15, 0.2) is 0 Å². The molecular formula is C19H20N4O2S. The third-order valence-corrected chi connectivity index (χ3v) is 5.91. The minimum absolute atomic E-state index is 0.100. The minimum Gasteiger partial charge on any atom is -0.342 e. The summed E-state index contributed by atoms with van der Waals surface area (Å²) in [7, 11) is 0. The highest BCUT2D eigenvalue weighted by Gasteiger charge is 2.56. The normalized spacial score (nSPS) is 22.7. The number of hydrogen-bond donors (Lipinski definition) is 3. The summed E-state index contributed by atoms with van der Waals surface area (Å²) in [6, 6.07) is 12.7. The van der Waals surface area contributed by atoms with Crippen molar-refractivity contribution in [2.75, 3.05) is 11.9 Å². The molecule has 6 nitrogen and oxygen atoms in total. The van der Waals surface area contributed by atoms with Crippen LogP contribution in [0.3, 0.4) is 0 Å². The molecule has 3 N–H and O–H groups in total. The van der Waals surface area contributed by atoms with E-state index in [0.29, 0.717) is 11.2 Å². The van der Waals surface area contributed by atoms with Crippen molar-refractivity contribution in [2.24, 2.45) is 5.92 Å². The summed E-state index contributed by atoms with van der Waals surface area (Å²) in [6.45, 7) is -0.100. The molecule has 134 valence electrons. The second-order valence-electron chi connectivity index (χ2n) is 6.93. The Morgan fingerprint density at radius 2 is 1.88 bits per heavy atom. The molecule has 0 unspecified atom stereocenters. The van der Waals surface area contributed by atoms with E-state index in [1.54, 1.807) is 30.1 Å².